The van der Waals surface area contributed by atoms with Crippen LogP contribution in [0.5, 0.6) is 0 Å². The Labute approximate surface area is 114 Å². The predicted octanol–water partition coefficient (Wildman–Crippen LogP) is 2.26. The van der Waals surface area contributed by atoms with Crippen molar-refractivity contribution in [2.75, 3.05) is 20.6 Å². The Morgan fingerprint density at radius 2 is 1.89 bits per heavy atom. The molecule has 0 unspecified atom stereocenters. The minimum Gasteiger partial charge on any atom is -0.327 e. The summed E-state index contributed by atoms with van der Waals surface area (Å²) in [5.74, 6) is 0. The number of rotatable bonds is 3. The van der Waals surface area contributed by atoms with Gasteiger partial charge in [0.1, 0.15) is 5.52 Å². The lowest BCUT2D eigenvalue weighted by Crippen LogP contribution is -2.19. The average Bonchev–Trinajstić information content (AvgIpc) is 2.56. The van der Waals surface area contributed by atoms with E-state index >= 15 is 0 Å². The molecule has 2 aromatic heterocycles. The maximum Gasteiger partial charge on any atom is 0.159 e. The Balaban J connectivity index is 2.09. The van der Waals surface area contributed by atoms with Gasteiger partial charge in [0.2, 0.25) is 0 Å². The van der Waals surface area contributed by atoms with E-state index in [1.165, 1.54) is 43.4 Å². The molecule has 0 aromatic carbocycles. The van der Waals surface area contributed by atoms with E-state index in [-0.39, 0.29) is 0 Å². The van der Waals surface area contributed by atoms with Crippen LogP contribution in [0, 0.1) is 0 Å². The fourth-order valence-corrected chi connectivity index (χ4v) is 3.03. The predicted molar refractivity (Wildman–Crippen MR) is 77.3 cm³/mol. The van der Waals surface area contributed by atoms with E-state index in [0.717, 1.165) is 24.3 Å². The van der Waals surface area contributed by atoms with E-state index in [1.54, 1.807) is 0 Å². The quantitative estimate of drug-likeness (QED) is 0.792. The molecule has 2 aromatic rings. The summed E-state index contributed by atoms with van der Waals surface area (Å²) in [6, 6.07) is 0. The van der Waals surface area contributed by atoms with Crippen LogP contribution in [-0.2, 0) is 19.4 Å². The third kappa shape index (κ3) is 2.37. The fourth-order valence-electron chi connectivity index (χ4n) is 3.03. The molecule has 19 heavy (non-hydrogen) atoms. The molecule has 0 atom stereocenters. The van der Waals surface area contributed by atoms with E-state index < -0.39 is 0 Å². The smallest absolute Gasteiger partial charge is 0.159 e. The van der Waals surface area contributed by atoms with Crippen LogP contribution in [0.25, 0.3) is 11.2 Å². The Bertz CT molecular complexity index is 571. The first kappa shape index (κ1) is 12.6. The number of likely N-dealkylation sites (N-methyl/N-ethyl adjacent to an activating group) is 1. The molecule has 0 saturated carbocycles. The maximum atomic E-state index is 4.59. The zero-order valence-corrected chi connectivity index (χ0v) is 11.9. The molecule has 0 aliphatic heterocycles. The first-order chi connectivity index (χ1) is 9.27. The van der Waals surface area contributed by atoms with E-state index in [9.17, 15) is 0 Å². The maximum absolute atomic E-state index is 4.59. The molecule has 102 valence electrons. The zero-order chi connectivity index (χ0) is 13.2. The van der Waals surface area contributed by atoms with Crippen molar-refractivity contribution in [3.63, 3.8) is 0 Å². The van der Waals surface area contributed by atoms with Crippen molar-refractivity contribution in [3.8, 4) is 0 Å². The van der Waals surface area contributed by atoms with E-state index in [4.69, 9.17) is 0 Å². The van der Waals surface area contributed by atoms with Gasteiger partial charge in [0, 0.05) is 36.7 Å². The highest BCUT2D eigenvalue weighted by Crippen LogP contribution is 2.29. The monoisotopic (exact) mass is 258 g/mol. The van der Waals surface area contributed by atoms with Crippen molar-refractivity contribution < 1.29 is 0 Å². The summed E-state index contributed by atoms with van der Waals surface area (Å²) < 4.78 is 2.41. The molecular formula is C15H22N4. The van der Waals surface area contributed by atoms with Gasteiger partial charge in [-0.2, -0.15) is 0 Å². The van der Waals surface area contributed by atoms with Crippen LogP contribution in [0.4, 0.5) is 0 Å². The van der Waals surface area contributed by atoms with Crippen molar-refractivity contribution in [2.45, 2.75) is 38.6 Å². The summed E-state index contributed by atoms with van der Waals surface area (Å²) in [5.41, 5.74) is 5.16. The second kappa shape index (κ2) is 5.29. The van der Waals surface area contributed by atoms with E-state index in [0.29, 0.717) is 0 Å². The Morgan fingerprint density at radius 1 is 1.11 bits per heavy atom. The van der Waals surface area contributed by atoms with Gasteiger partial charge in [0.15, 0.2) is 5.65 Å². The van der Waals surface area contributed by atoms with Gasteiger partial charge >= 0.3 is 0 Å². The Morgan fingerprint density at radius 3 is 2.74 bits per heavy atom. The van der Waals surface area contributed by atoms with Crippen LogP contribution in [0.2, 0.25) is 0 Å². The minimum atomic E-state index is 1.01. The summed E-state index contributed by atoms with van der Waals surface area (Å²) >= 11 is 0. The fraction of sp³-hybridized carbons (Fsp3) is 0.600. The topological polar surface area (TPSA) is 34.0 Å². The van der Waals surface area contributed by atoms with Gasteiger partial charge in [-0.1, -0.05) is 6.42 Å². The normalized spacial score (nSPS) is 15.7. The molecule has 2 heterocycles. The van der Waals surface area contributed by atoms with Crippen LogP contribution < -0.4 is 0 Å². The van der Waals surface area contributed by atoms with Crippen molar-refractivity contribution >= 4 is 11.2 Å². The second-order valence-electron chi connectivity index (χ2n) is 5.67. The van der Waals surface area contributed by atoms with Crippen molar-refractivity contribution in [2.24, 2.45) is 0 Å². The molecule has 0 bridgehead atoms. The highest BCUT2D eigenvalue weighted by molar-refractivity contribution is 5.77. The van der Waals surface area contributed by atoms with Crippen molar-refractivity contribution in [1.82, 2.24) is 19.4 Å². The number of hydrogen-bond donors (Lipinski definition) is 0. The molecule has 1 aliphatic carbocycles. The van der Waals surface area contributed by atoms with Crippen LogP contribution in [0.3, 0.4) is 0 Å². The SMILES string of the molecule is CN(C)CCn1c2c(c3nccnc31)CCCCC2. The Hall–Kier alpha value is -1.42. The van der Waals surface area contributed by atoms with Crippen molar-refractivity contribution in [1.29, 1.82) is 0 Å². The van der Waals surface area contributed by atoms with Gasteiger partial charge in [0.05, 0.1) is 0 Å². The Kier molecular flexibility index (Phi) is 3.51. The number of aromatic nitrogens is 3. The van der Waals surface area contributed by atoms with Crippen LogP contribution in [0.1, 0.15) is 30.5 Å². The average molecular weight is 258 g/mol. The second-order valence-corrected chi connectivity index (χ2v) is 5.67. The molecule has 0 saturated heterocycles. The summed E-state index contributed by atoms with van der Waals surface area (Å²) in [7, 11) is 4.24. The third-order valence-electron chi connectivity index (χ3n) is 4.01. The lowest BCUT2D eigenvalue weighted by atomic mass is 10.1. The zero-order valence-electron chi connectivity index (χ0n) is 11.9. The van der Waals surface area contributed by atoms with Crippen LogP contribution >= 0.6 is 0 Å². The van der Waals surface area contributed by atoms with Gasteiger partial charge in [-0.3, -0.25) is 4.98 Å². The standard InChI is InChI=1S/C15H22N4/c1-18(2)10-11-19-13-7-5-3-4-6-12(13)14-15(19)17-9-8-16-14/h8-9H,3-7,10-11H2,1-2H3. The molecule has 0 N–H and O–H groups in total. The molecule has 1 aliphatic rings. The molecular weight excluding hydrogens is 236 g/mol. The van der Waals surface area contributed by atoms with E-state index in [1.807, 2.05) is 12.4 Å². The largest absolute Gasteiger partial charge is 0.327 e. The molecule has 0 spiro atoms. The van der Waals surface area contributed by atoms with Crippen molar-refractivity contribution in [3.05, 3.63) is 23.7 Å². The van der Waals surface area contributed by atoms with Gasteiger partial charge in [-0.25, -0.2) is 4.98 Å². The first-order valence-corrected chi connectivity index (χ1v) is 7.23. The molecule has 0 fully saturated rings. The highest BCUT2D eigenvalue weighted by Gasteiger charge is 2.20. The van der Waals surface area contributed by atoms with E-state index in [2.05, 4.69) is 33.5 Å². The molecule has 0 amide bonds. The van der Waals surface area contributed by atoms with Crippen LogP contribution in [-0.4, -0.2) is 40.1 Å². The summed E-state index contributed by atoms with van der Waals surface area (Å²) in [5, 5.41) is 0. The number of aryl methyl sites for hydroxylation is 1. The lowest BCUT2D eigenvalue weighted by molar-refractivity contribution is 0.383. The summed E-state index contributed by atoms with van der Waals surface area (Å²) in [6.07, 6.45) is 9.91. The molecule has 3 rings (SSSR count). The first-order valence-electron chi connectivity index (χ1n) is 7.23. The van der Waals surface area contributed by atoms with Gasteiger partial charge in [-0.05, 0) is 39.8 Å². The number of hydrogen-bond acceptors (Lipinski definition) is 3. The molecule has 4 nitrogen and oxygen atoms in total. The third-order valence-corrected chi connectivity index (χ3v) is 4.01. The molecule has 0 radical (unpaired) electrons. The summed E-state index contributed by atoms with van der Waals surface area (Å²) in [4.78, 5) is 11.4. The lowest BCUT2D eigenvalue weighted by Gasteiger charge is -2.14. The van der Waals surface area contributed by atoms with Gasteiger partial charge in [0.25, 0.3) is 0 Å². The number of fused-ring (bicyclic) bond motifs is 3. The highest BCUT2D eigenvalue weighted by atomic mass is 15.1. The molecule has 4 heteroatoms. The van der Waals surface area contributed by atoms with Crippen LogP contribution in [0.15, 0.2) is 12.4 Å². The van der Waals surface area contributed by atoms with Gasteiger partial charge < -0.3 is 9.47 Å². The number of nitrogens with zero attached hydrogens (tertiary/aromatic N) is 4. The summed E-state index contributed by atoms with van der Waals surface area (Å²) in [6.45, 7) is 2.06. The minimum absolute atomic E-state index is 1.01. The van der Waals surface area contributed by atoms with Gasteiger partial charge in [-0.15, -0.1) is 0 Å².